The van der Waals surface area contributed by atoms with Gasteiger partial charge in [-0.15, -0.1) is 30.1 Å². The highest BCUT2D eigenvalue weighted by Gasteiger charge is 2.29. The zero-order chi connectivity index (χ0) is 15.2. The molecule has 21 heavy (non-hydrogen) atoms. The number of benzene rings is 1. The quantitative estimate of drug-likeness (QED) is 0.598. The van der Waals surface area contributed by atoms with Crippen LogP contribution < -0.4 is 0 Å². The van der Waals surface area contributed by atoms with Gasteiger partial charge in [-0.2, -0.15) is 0 Å². The predicted octanol–water partition coefficient (Wildman–Crippen LogP) is 4.47. The van der Waals surface area contributed by atoms with Crippen LogP contribution in [0.4, 0.5) is 5.69 Å². The van der Waals surface area contributed by atoms with E-state index in [0.717, 1.165) is 16.3 Å². The standard InChI is InChI=1S/C15H16ClNO2S2/c1-3-7-20-14-13(15(18)19-4-2)21-9-10-5-6-11(16)8-12(10)17-14/h3,5-6,8,13H,1,4,7,9H2,2H3. The Balaban J connectivity index is 2.35. The van der Waals surface area contributed by atoms with Crippen molar-refractivity contribution in [2.45, 2.75) is 17.9 Å². The van der Waals surface area contributed by atoms with Gasteiger partial charge in [-0.25, -0.2) is 4.99 Å². The summed E-state index contributed by atoms with van der Waals surface area (Å²) in [6.07, 6.45) is 1.80. The summed E-state index contributed by atoms with van der Waals surface area (Å²) in [5.74, 6) is 1.17. The van der Waals surface area contributed by atoms with Crippen LogP contribution in [0.2, 0.25) is 5.02 Å². The second kappa shape index (κ2) is 7.92. The van der Waals surface area contributed by atoms with Crippen LogP contribution in [0.1, 0.15) is 12.5 Å². The number of fused-ring (bicyclic) bond motifs is 1. The Morgan fingerprint density at radius 2 is 2.48 bits per heavy atom. The Bertz CT molecular complexity index is 575. The zero-order valence-corrected chi connectivity index (χ0v) is 14.1. The van der Waals surface area contributed by atoms with Crippen molar-refractivity contribution in [3.63, 3.8) is 0 Å². The van der Waals surface area contributed by atoms with E-state index in [2.05, 4.69) is 11.6 Å². The molecule has 0 amide bonds. The fourth-order valence-electron chi connectivity index (χ4n) is 1.82. The Kier molecular flexibility index (Phi) is 6.21. The molecular weight excluding hydrogens is 326 g/mol. The molecule has 1 atom stereocenters. The molecule has 112 valence electrons. The van der Waals surface area contributed by atoms with Crippen LogP contribution in [-0.4, -0.2) is 28.6 Å². The molecule has 0 aliphatic carbocycles. The van der Waals surface area contributed by atoms with Crippen LogP contribution in [-0.2, 0) is 15.3 Å². The van der Waals surface area contributed by atoms with Crippen LogP contribution in [0, 0.1) is 0 Å². The van der Waals surface area contributed by atoms with Gasteiger partial charge in [0.05, 0.1) is 17.3 Å². The van der Waals surface area contributed by atoms with Crippen molar-refractivity contribution in [1.82, 2.24) is 0 Å². The molecule has 1 aromatic carbocycles. The minimum Gasteiger partial charge on any atom is -0.465 e. The monoisotopic (exact) mass is 341 g/mol. The van der Waals surface area contributed by atoms with Gasteiger partial charge in [0.1, 0.15) is 0 Å². The summed E-state index contributed by atoms with van der Waals surface area (Å²) in [5.41, 5.74) is 1.90. The average molecular weight is 342 g/mol. The first-order valence-electron chi connectivity index (χ1n) is 6.54. The molecule has 1 heterocycles. The first kappa shape index (κ1) is 16.5. The van der Waals surface area contributed by atoms with E-state index in [-0.39, 0.29) is 11.2 Å². The summed E-state index contributed by atoms with van der Waals surface area (Å²) in [7, 11) is 0. The van der Waals surface area contributed by atoms with Crippen LogP contribution in [0.5, 0.6) is 0 Å². The van der Waals surface area contributed by atoms with Gasteiger partial charge in [0, 0.05) is 16.5 Å². The SMILES string of the molecule is C=CCSC1=Nc2cc(Cl)ccc2CSC1C(=O)OCC. The third-order valence-electron chi connectivity index (χ3n) is 2.76. The summed E-state index contributed by atoms with van der Waals surface area (Å²) in [5, 5.41) is 1.01. The van der Waals surface area contributed by atoms with Crippen molar-refractivity contribution in [3.05, 3.63) is 41.4 Å². The molecule has 3 nitrogen and oxygen atoms in total. The minimum absolute atomic E-state index is 0.239. The van der Waals surface area contributed by atoms with E-state index >= 15 is 0 Å². The second-order valence-corrected chi connectivity index (χ2v) is 6.84. The van der Waals surface area contributed by atoms with Crippen molar-refractivity contribution < 1.29 is 9.53 Å². The van der Waals surface area contributed by atoms with E-state index in [0.29, 0.717) is 23.1 Å². The number of rotatable bonds is 4. The van der Waals surface area contributed by atoms with Gasteiger partial charge in [-0.1, -0.05) is 23.7 Å². The lowest BCUT2D eigenvalue weighted by molar-refractivity contribution is -0.141. The number of carbonyl (C=O) groups is 1. The smallest absolute Gasteiger partial charge is 0.325 e. The van der Waals surface area contributed by atoms with Crippen LogP contribution in [0.25, 0.3) is 0 Å². The highest BCUT2D eigenvalue weighted by atomic mass is 35.5. The van der Waals surface area contributed by atoms with Crippen LogP contribution in [0.3, 0.4) is 0 Å². The third-order valence-corrected chi connectivity index (χ3v) is 5.39. The molecule has 1 aliphatic rings. The fourth-order valence-corrected chi connectivity index (χ4v) is 4.09. The fraction of sp³-hybridized carbons (Fsp3) is 0.333. The first-order valence-corrected chi connectivity index (χ1v) is 8.96. The maximum atomic E-state index is 12.2. The van der Waals surface area contributed by atoms with Gasteiger partial charge in [-0.05, 0) is 24.6 Å². The van der Waals surface area contributed by atoms with Crippen LogP contribution >= 0.6 is 35.1 Å². The molecular formula is C15H16ClNO2S2. The Morgan fingerprint density at radius 3 is 3.19 bits per heavy atom. The van der Waals surface area contributed by atoms with Gasteiger partial charge >= 0.3 is 5.97 Å². The highest BCUT2D eigenvalue weighted by Crippen LogP contribution is 2.36. The molecule has 0 aromatic heterocycles. The van der Waals surface area contributed by atoms with Gasteiger partial charge in [0.25, 0.3) is 0 Å². The molecule has 0 N–H and O–H groups in total. The summed E-state index contributed by atoms with van der Waals surface area (Å²) in [6, 6.07) is 5.63. The molecule has 0 spiro atoms. The normalized spacial score (nSPS) is 17.4. The molecule has 0 fully saturated rings. The summed E-state index contributed by atoms with van der Waals surface area (Å²) < 4.78 is 5.16. The number of carbonyl (C=O) groups excluding carboxylic acids is 1. The van der Waals surface area contributed by atoms with E-state index in [9.17, 15) is 4.79 Å². The molecule has 6 heteroatoms. The average Bonchev–Trinajstić information content (AvgIpc) is 2.64. The maximum Gasteiger partial charge on any atom is 0.325 e. The van der Waals surface area contributed by atoms with Gasteiger partial charge in [0.2, 0.25) is 0 Å². The van der Waals surface area contributed by atoms with Gasteiger partial charge in [-0.3, -0.25) is 4.79 Å². The molecule has 1 unspecified atom stereocenters. The number of esters is 1. The topological polar surface area (TPSA) is 38.7 Å². The van der Waals surface area contributed by atoms with Gasteiger partial charge < -0.3 is 4.74 Å². The summed E-state index contributed by atoms with van der Waals surface area (Å²) in [6.45, 7) is 5.89. The van der Waals surface area contributed by atoms with Crippen LogP contribution in [0.15, 0.2) is 35.8 Å². The molecule has 0 saturated heterocycles. The van der Waals surface area contributed by atoms with Crippen molar-refractivity contribution >= 4 is 51.8 Å². The van der Waals surface area contributed by atoms with Crippen molar-refractivity contribution in [2.75, 3.05) is 12.4 Å². The predicted molar refractivity (Wildman–Crippen MR) is 92.9 cm³/mol. The summed E-state index contributed by atoms with van der Waals surface area (Å²) >= 11 is 9.09. The number of nitrogens with zero attached hydrogens (tertiary/aromatic N) is 1. The van der Waals surface area contributed by atoms with Crippen molar-refractivity contribution in [2.24, 2.45) is 4.99 Å². The van der Waals surface area contributed by atoms with Gasteiger partial charge in [0.15, 0.2) is 5.25 Å². The Labute approximate surface area is 138 Å². The number of hydrogen-bond donors (Lipinski definition) is 0. The van der Waals surface area contributed by atoms with E-state index < -0.39 is 0 Å². The Morgan fingerprint density at radius 1 is 1.67 bits per heavy atom. The largest absolute Gasteiger partial charge is 0.465 e. The van der Waals surface area contributed by atoms with E-state index in [1.165, 1.54) is 23.5 Å². The second-order valence-electron chi connectivity index (χ2n) is 4.27. The number of thioether (sulfide) groups is 2. The maximum absolute atomic E-state index is 12.2. The molecule has 2 rings (SSSR count). The third kappa shape index (κ3) is 4.28. The minimum atomic E-state index is -0.388. The van der Waals surface area contributed by atoms with Crippen molar-refractivity contribution in [3.8, 4) is 0 Å². The number of ether oxygens (including phenoxy) is 1. The molecule has 0 saturated carbocycles. The highest BCUT2D eigenvalue weighted by molar-refractivity contribution is 8.16. The van der Waals surface area contributed by atoms with E-state index in [4.69, 9.17) is 16.3 Å². The lowest BCUT2D eigenvalue weighted by Gasteiger charge is -2.14. The zero-order valence-electron chi connectivity index (χ0n) is 11.7. The molecule has 0 bridgehead atoms. The lowest BCUT2D eigenvalue weighted by atomic mass is 10.2. The molecule has 1 aromatic rings. The van der Waals surface area contributed by atoms with E-state index in [1.807, 2.05) is 25.1 Å². The Hall–Kier alpha value is -0.910. The van der Waals surface area contributed by atoms with E-state index in [1.54, 1.807) is 6.08 Å². The summed E-state index contributed by atoms with van der Waals surface area (Å²) in [4.78, 5) is 16.8. The number of hydrogen-bond acceptors (Lipinski definition) is 5. The van der Waals surface area contributed by atoms with Crippen molar-refractivity contribution in [1.29, 1.82) is 0 Å². The lowest BCUT2D eigenvalue weighted by Crippen LogP contribution is -2.27. The number of halogens is 1. The molecule has 1 aliphatic heterocycles. The number of aliphatic imine (C=N–C) groups is 1. The first-order chi connectivity index (χ1) is 10.2. The molecule has 0 radical (unpaired) electrons.